The van der Waals surface area contributed by atoms with Gasteiger partial charge in [0.1, 0.15) is 12.3 Å². The van der Waals surface area contributed by atoms with E-state index < -0.39 is 24.0 Å². The molecule has 1 fully saturated rings. The molecule has 0 radical (unpaired) electrons. The van der Waals surface area contributed by atoms with Gasteiger partial charge in [-0.3, -0.25) is 14.5 Å². The monoisotopic (exact) mass is 334 g/mol. The van der Waals surface area contributed by atoms with Crippen molar-refractivity contribution in [3.63, 3.8) is 0 Å². The number of carbonyl (C=O) groups is 3. The smallest absolute Gasteiger partial charge is 0.328 e. The minimum Gasteiger partial charge on any atom is -0.480 e. The third kappa shape index (κ3) is 2.92. The molecule has 1 N–H and O–H groups in total. The predicted octanol–water partition coefficient (Wildman–Crippen LogP) is 0.112. The van der Waals surface area contributed by atoms with Gasteiger partial charge in [0.15, 0.2) is 12.1 Å². The first-order chi connectivity index (χ1) is 11.5. The first kappa shape index (κ1) is 16.3. The second-order valence-electron chi connectivity index (χ2n) is 5.67. The van der Waals surface area contributed by atoms with E-state index in [1.807, 2.05) is 0 Å². The number of anilines is 1. The molecule has 1 aromatic carbocycles. The van der Waals surface area contributed by atoms with Gasteiger partial charge in [0.05, 0.1) is 18.9 Å². The highest BCUT2D eigenvalue weighted by molar-refractivity contribution is 6.04. The van der Waals surface area contributed by atoms with Crippen LogP contribution in [-0.2, 0) is 19.1 Å². The number of carbonyl (C=O) groups excluding carboxylic acids is 2. The zero-order chi connectivity index (χ0) is 17.3. The Balaban J connectivity index is 1.83. The Kier molecular flexibility index (Phi) is 4.39. The topological polar surface area (TPSA) is 96.4 Å². The second kappa shape index (κ2) is 6.48. The lowest BCUT2D eigenvalue weighted by atomic mass is 10.1. The van der Waals surface area contributed by atoms with Gasteiger partial charge in [-0.2, -0.15) is 0 Å². The van der Waals surface area contributed by atoms with Crippen molar-refractivity contribution < 1.29 is 29.0 Å². The first-order valence-corrected chi connectivity index (χ1v) is 7.66. The number of nitrogens with zero attached hydrogens (tertiary/aromatic N) is 2. The molecule has 8 nitrogen and oxygen atoms in total. The van der Waals surface area contributed by atoms with Gasteiger partial charge in [0, 0.05) is 6.54 Å². The van der Waals surface area contributed by atoms with Gasteiger partial charge in [-0.1, -0.05) is 12.1 Å². The molecular formula is C16H18N2O6. The van der Waals surface area contributed by atoms with Crippen LogP contribution in [0.5, 0.6) is 5.75 Å². The number of carboxylic acid groups (broad SMARTS) is 1. The Morgan fingerprint density at radius 1 is 1.33 bits per heavy atom. The number of aliphatic carboxylic acids is 1. The van der Waals surface area contributed by atoms with Crippen molar-refractivity contribution in [2.75, 3.05) is 31.2 Å². The number of para-hydroxylation sites is 2. The first-order valence-electron chi connectivity index (χ1n) is 7.66. The zero-order valence-corrected chi connectivity index (χ0v) is 13.2. The highest BCUT2D eigenvalue weighted by Crippen LogP contribution is 2.33. The number of benzene rings is 1. The van der Waals surface area contributed by atoms with Crippen LogP contribution in [0.3, 0.4) is 0 Å². The van der Waals surface area contributed by atoms with Crippen molar-refractivity contribution in [2.24, 2.45) is 0 Å². The molecule has 2 amide bonds. The lowest BCUT2D eigenvalue weighted by molar-refractivity contribution is -0.157. The Morgan fingerprint density at radius 2 is 2.08 bits per heavy atom. The fourth-order valence-electron chi connectivity index (χ4n) is 2.85. The largest absolute Gasteiger partial charge is 0.480 e. The molecule has 24 heavy (non-hydrogen) atoms. The van der Waals surface area contributed by atoms with E-state index in [0.717, 1.165) is 0 Å². The molecule has 0 saturated carbocycles. The summed E-state index contributed by atoms with van der Waals surface area (Å²) in [5.41, 5.74) is 0.508. The van der Waals surface area contributed by atoms with Gasteiger partial charge >= 0.3 is 5.97 Å². The number of morpholine rings is 1. The van der Waals surface area contributed by atoms with E-state index in [4.69, 9.17) is 9.47 Å². The molecule has 0 bridgehead atoms. The van der Waals surface area contributed by atoms with Crippen molar-refractivity contribution in [1.82, 2.24) is 4.90 Å². The fraction of sp³-hybridized carbons (Fsp3) is 0.438. The normalized spacial score (nSPS) is 23.5. The number of fused-ring (bicyclic) bond motifs is 1. The SMILES string of the molecule is CC1Oc2ccccc2N(CC(=O)N2CCOCC2C(=O)O)C1=O. The van der Waals surface area contributed by atoms with Crippen LogP contribution in [0.2, 0.25) is 0 Å². The Morgan fingerprint density at radius 3 is 2.83 bits per heavy atom. The summed E-state index contributed by atoms with van der Waals surface area (Å²) < 4.78 is 10.7. The van der Waals surface area contributed by atoms with Crippen molar-refractivity contribution in [3.05, 3.63) is 24.3 Å². The molecule has 2 aliphatic heterocycles. The summed E-state index contributed by atoms with van der Waals surface area (Å²) in [5, 5.41) is 9.24. The van der Waals surface area contributed by atoms with Crippen LogP contribution in [0, 0.1) is 0 Å². The Hall–Kier alpha value is -2.61. The van der Waals surface area contributed by atoms with Crippen LogP contribution in [-0.4, -0.2) is 66.2 Å². The third-order valence-electron chi connectivity index (χ3n) is 4.10. The Labute approximate surface area is 138 Å². The molecule has 0 spiro atoms. The highest BCUT2D eigenvalue weighted by Gasteiger charge is 2.37. The van der Waals surface area contributed by atoms with Crippen LogP contribution in [0.1, 0.15) is 6.92 Å². The molecule has 1 aromatic rings. The molecule has 2 heterocycles. The van der Waals surface area contributed by atoms with E-state index in [-0.39, 0.29) is 32.2 Å². The summed E-state index contributed by atoms with van der Waals surface area (Å²) in [5.74, 6) is -1.36. The standard InChI is InChI=1S/C16H18N2O6/c1-10-15(20)18(11-4-2-3-5-13(11)24-10)8-14(19)17-6-7-23-9-12(17)16(21)22/h2-5,10,12H,6-9H2,1H3,(H,21,22). The summed E-state index contributed by atoms with van der Waals surface area (Å²) in [6.07, 6.45) is -0.701. The zero-order valence-electron chi connectivity index (χ0n) is 13.2. The number of ether oxygens (including phenoxy) is 2. The Bertz CT molecular complexity index is 676. The lowest BCUT2D eigenvalue weighted by Gasteiger charge is -2.36. The maximum atomic E-state index is 12.6. The van der Waals surface area contributed by atoms with E-state index in [2.05, 4.69) is 0 Å². The quantitative estimate of drug-likeness (QED) is 0.843. The molecule has 2 atom stereocenters. The minimum atomic E-state index is -1.12. The minimum absolute atomic E-state index is 0.0505. The van der Waals surface area contributed by atoms with Crippen LogP contribution >= 0.6 is 0 Å². The molecule has 0 aromatic heterocycles. The number of carboxylic acids is 1. The lowest BCUT2D eigenvalue weighted by Crippen LogP contribution is -2.56. The van der Waals surface area contributed by atoms with Crippen LogP contribution in [0.25, 0.3) is 0 Å². The van der Waals surface area contributed by atoms with E-state index >= 15 is 0 Å². The number of rotatable bonds is 3. The molecule has 3 rings (SSSR count). The number of hydrogen-bond acceptors (Lipinski definition) is 5. The summed E-state index contributed by atoms with van der Waals surface area (Å²) in [4.78, 5) is 38.9. The van der Waals surface area contributed by atoms with Gasteiger partial charge in [-0.15, -0.1) is 0 Å². The summed E-state index contributed by atoms with van der Waals surface area (Å²) in [6, 6.07) is 5.92. The van der Waals surface area contributed by atoms with Gasteiger partial charge in [0.2, 0.25) is 5.91 Å². The van der Waals surface area contributed by atoms with Gasteiger partial charge in [0.25, 0.3) is 5.91 Å². The maximum absolute atomic E-state index is 12.6. The average molecular weight is 334 g/mol. The van der Waals surface area contributed by atoms with Crippen molar-refractivity contribution in [1.29, 1.82) is 0 Å². The molecular weight excluding hydrogens is 316 g/mol. The third-order valence-corrected chi connectivity index (χ3v) is 4.10. The van der Waals surface area contributed by atoms with Gasteiger partial charge in [-0.25, -0.2) is 4.79 Å². The number of amides is 2. The second-order valence-corrected chi connectivity index (χ2v) is 5.67. The molecule has 0 aliphatic carbocycles. The molecule has 8 heteroatoms. The highest BCUT2D eigenvalue weighted by atomic mass is 16.5. The molecule has 1 saturated heterocycles. The molecule has 2 unspecified atom stereocenters. The van der Waals surface area contributed by atoms with E-state index in [9.17, 15) is 19.5 Å². The van der Waals surface area contributed by atoms with Gasteiger partial charge in [-0.05, 0) is 19.1 Å². The van der Waals surface area contributed by atoms with Crippen molar-refractivity contribution in [2.45, 2.75) is 19.1 Å². The van der Waals surface area contributed by atoms with E-state index in [0.29, 0.717) is 11.4 Å². The summed E-state index contributed by atoms with van der Waals surface area (Å²) >= 11 is 0. The van der Waals surface area contributed by atoms with Crippen LogP contribution < -0.4 is 9.64 Å². The summed E-state index contributed by atoms with van der Waals surface area (Å²) in [6.45, 7) is 1.80. The summed E-state index contributed by atoms with van der Waals surface area (Å²) in [7, 11) is 0. The van der Waals surface area contributed by atoms with E-state index in [1.54, 1.807) is 31.2 Å². The molecule has 128 valence electrons. The fourth-order valence-corrected chi connectivity index (χ4v) is 2.85. The predicted molar refractivity (Wildman–Crippen MR) is 82.8 cm³/mol. The van der Waals surface area contributed by atoms with E-state index in [1.165, 1.54) is 9.80 Å². The number of hydrogen-bond donors (Lipinski definition) is 1. The molecule has 2 aliphatic rings. The average Bonchev–Trinajstić information content (AvgIpc) is 2.58. The maximum Gasteiger partial charge on any atom is 0.328 e. The van der Waals surface area contributed by atoms with Crippen LogP contribution in [0.15, 0.2) is 24.3 Å². The van der Waals surface area contributed by atoms with Crippen molar-refractivity contribution in [3.8, 4) is 5.75 Å². The van der Waals surface area contributed by atoms with Gasteiger partial charge < -0.3 is 19.5 Å². The van der Waals surface area contributed by atoms with Crippen molar-refractivity contribution >= 4 is 23.5 Å². The van der Waals surface area contributed by atoms with Crippen LogP contribution in [0.4, 0.5) is 5.69 Å².